The van der Waals surface area contributed by atoms with Crippen LogP contribution in [0.1, 0.15) is 23.1 Å². The predicted octanol–water partition coefficient (Wildman–Crippen LogP) is 4.29. The van der Waals surface area contributed by atoms with Crippen LogP contribution >= 0.6 is 0 Å². The number of aryl methyl sites for hydroxylation is 2. The van der Waals surface area contributed by atoms with E-state index in [0.29, 0.717) is 32.8 Å². The number of rotatable bonds is 9. The highest BCUT2D eigenvalue weighted by Gasteiger charge is 2.41. The van der Waals surface area contributed by atoms with E-state index in [0.717, 1.165) is 12.0 Å². The summed E-state index contributed by atoms with van der Waals surface area (Å²) in [6.45, 7) is 4.13. The first-order valence-corrected chi connectivity index (χ1v) is 10.3. The topological polar surface area (TPSA) is 45.5 Å². The molecule has 1 aliphatic rings. The van der Waals surface area contributed by atoms with Crippen LogP contribution in [0.25, 0.3) is 0 Å². The Morgan fingerprint density at radius 3 is 2.80 bits per heavy atom. The van der Waals surface area contributed by atoms with Gasteiger partial charge in [-0.25, -0.2) is 9.37 Å². The van der Waals surface area contributed by atoms with Gasteiger partial charge < -0.3 is 18.8 Å². The second kappa shape index (κ2) is 9.51. The third kappa shape index (κ3) is 5.33. The second-order valence-electron chi connectivity index (χ2n) is 7.76. The van der Waals surface area contributed by atoms with Crippen LogP contribution in [0.4, 0.5) is 4.39 Å². The summed E-state index contributed by atoms with van der Waals surface area (Å²) in [5.41, 5.74) is 3.44. The Morgan fingerprint density at radius 1 is 1.20 bits per heavy atom. The summed E-state index contributed by atoms with van der Waals surface area (Å²) in [6.07, 6.45) is 6.65. The minimum Gasteiger partial charge on any atom is -0.374 e. The van der Waals surface area contributed by atoms with E-state index in [1.807, 2.05) is 22.9 Å². The van der Waals surface area contributed by atoms with Crippen LogP contribution in [0.15, 0.2) is 67.3 Å². The average molecular weight is 410 g/mol. The van der Waals surface area contributed by atoms with Gasteiger partial charge >= 0.3 is 0 Å². The zero-order chi connectivity index (χ0) is 20.8. The second-order valence-corrected chi connectivity index (χ2v) is 7.76. The number of halogens is 1. The van der Waals surface area contributed by atoms with Gasteiger partial charge in [0.25, 0.3) is 0 Å². The zero-order valence-electron chi connectivity index (χ0n) is 17.2. The van der Waals surface area contributed by atoms with Crippen molar-refractivity contribution in [3.05, 3.63) is 89.8 Å². The molecule has 0 aliphatic carbocycles. The summed E-state index contributed by atoms with van der Waals surface area (Å²) in [6, 6.07) is 14.8. The van der Waals surface area contributed by atoms with E-state index in [1.54, 1.807) is 24.7 Å². The molecule has 1 fully saturated rings. The summed E-state index contributed by atoms with van der Waals surface area (Å²) in [5, 5.41) is 0. The molecule has 0 N–H and O–H groups in total. The monoisotopic (exact) mass is 410 g/mol. The fourth-order valence-electron chi connectivity index (χ4n) is 3.71. The molecule has 6 heteroatoms. The van der Waals surface area contributed by atoms with Gasteiger partial charge in [0.1, 0.15) is 11.9 Å². The van der Waals surface area contributed by atoms with Crippen LogP contribution in [0.5, 0.6) is 0 Å². The molecule has 0 radical (unpaired) electrons. The highest BCUT2D eigenvalue weighted by molar-refractivity contribution is 5.24. The predicted molar refractivity (Wildman–Crippen MR) is 111 cm³/mol. The van der Waals surface area contributed by atoms with Gasteiger partial charge in [-0.05, 0) is 42.2 Å². The molecule has 1 saturated heterocycles. The first kappa shape index (κ1) is 20.7. The van der Waals surface area contributed by atoms with Gasteiger partial charge in [-0.2, -0.15) is 0 Å². The van der Waals surface area contributed by atoms with Crippen molar-refractivity contribution in [3.8, 4) is 0 Å². The molecule has 0 amide bonds. The molecular formula is C24H27FN2O3. The van der Waals surface area contributed by atoms with E-state index in [2.05, 4.69) is 24.0 Å². The van der Waals surface area contributed by atoms with Crippen LogP contribution in [-0.2, 0) is 33.8 Å². The van der Waals surface area contributed by atoms with E-state index in [-0.39, 0.29) is 11.9 Å². The Bertz CT molecular complexity index is 930. The van der Waals surface area contributed by atoms with E-state index in [4.69, 9.17) is 14.2 Å². The Morgan fingerprint density at radius 2 is 2.03 bits per heavy atom. The number of aromatic nitrogens is 2. The first-order valence-electron chi connectivity index (χ1n) is 10.3. The Hall–Kier alpha value is -2.54. The molecule has 2 heterocycles. The van der Waals surface area contributed by atoms with Crippen molar-refractivity contribution in [3.63, 3.8) is 0 Å². The van der Waals surface area contributed by atoms with Gasteiger partial charge in [-0.1, -0.05) is 36.4 Å². The lowest BCUT2D eigenvalue weighted by molar-refractivity contribution is -0.187. The average Bonchev–Trinajstić information content (AvgIpc) is 3.40. The Kier molecular flexibility index (Phi) is 6.57. The largest absolute Gasteiger partial charge is 0.374 e. The van der Waals surface area contributed by atoms with Gasteiger partial charge in [0.05, 0.1) is 32.7 Å². The first-order chi connectivity index (χ1) is 14.6. The third-order valence-corrected chi connectivity index (χ3v) is 5.43. The van der Waals surface area contributed by atoms with Gasteiger partial charge in [-0.3, -0.25) is 0 Å². The van der Waals surface area contributed by atoms with Crippen molar-refractivity contribution < 1.29 is 18.6 Å². The lowest BCUT2D eigenvalue weighted by atomic mass is 10.0. The van der Waals surface area contributed by atoms with Crippen molar-refractivity contribution >= 4 is 0 Å². The molecule has 2 atom stereocenters. The summed E-state index contributed by atoms with van der Waals surface area (Å²) in [7, 11) is 0. The Balaban J connectivity index is 1.36. The van der Waals surface area contributed by atoms with Crippen LogP contribution < -0.4 is 0 Å². The van der Waals surface area contributed by atoms with E-state index in [9.17, 15) is 4.39 Å². The molecule has 30 heavy (non-hydrogen) atoms. The van der Waals surface area contributed by atoms with Gasteiger partial charge in [0.15, 0.2) is 5.79 Å². The number of nitrogens with zero attached hydrogens (tertiary/aromatic N) is 2. The van der Waals surface area contributed by atoms with E-state index >= 15 is 0 Å². The molecule has 0 spiro atoms. The molecular weight excluding hydrogens is 383 g/mol. The van der Waals surface area contributed by atoms with Crippen molar-refractivity contribution in [2.45, 2.75) is 44.8 Å². The molecule has 1 aliphatic heterocycles. The van der Waals surface area contributed by atoms with E-state index < -0.39 is 5.79 Å². The molecule has 4 rings (SSSR count). The van der Waals surface area contributed by atoms with Crippen molar-refractivity contribution in [2.75, 3.05) is 13.2 Å². The molecule has 5 nitrogen and oxygen atoms in total. The highest BCUT2D eigenvalue weighted by Crippen LogP contribution is 2.31. The van der Waals surface area contributed by atoms with E-state index in [1.165, 1.54) is 23.3 Å². The maximum Gasteiger partial charge on any atom is 0.187 e. The highest BCUT2D eigenvalue weighted by atomic mass is 19.1. The quantitative estimate of drug-likeness (QED) is 0.528. The molecule has 2 unspecified atom stereocenters. The van der Waals surface area contributed by atoms with Crippen LogP contribution in [0, 0.1) is 12.7 Å². The van der Waals surface area contributed by atoms with Gasteiger partial charge in [0, 0.05) is 18.8 Å². The zero-order valence-corrected chi connectivity index (χ0v) is 17.2. The number of imidazole rings is 1. The van der Waals surface area contributed by atoms with Crippen LogP contribution in [-0.4, -0.2) is 34.7 Å². The molecule has 3 aromatic rings. The standard InChI is InChI=1S/C24H27FN2O3/c1-19-4-2-3-5-21(19)14-28-15-23-16-29-24(30-23,17-27-13-12-26-18-27)11-10-20-6-8-22(25)9-7-20/h2-9,12-13,18,23H,10-11,14-17H2,1H3. The number of ether oxygens (including phenoxy) is 3. The Labute approximate surface area is 176 Å². The lowest BCUT2D eigenvalue weighted by Crippen LogP contribution is -2.37. The summed E-state index contributed by atoms with van der Waals surface area (Å²) in [4.78, 5) is 4.12. The summed E-state index contributed by atoms with van der Waals surface area (Å²) < 4.78 is 33.6. The van der Waals surface area contributed by atoms with Crippen molar-refractivity contribution in [2.24, 2.45) is 0 Å². The van der Waals surface area contributed by atoms with Crippen molar-refractivity contribution in [1.29, 1.82) is 0 Å². The van der Waals surface area contributed by atoms with Crippen LogP contribution in [0.2, 0.25) is 0 Å². The molecule has 1 aromatic heterocycles. The molecule has 0 bridgehead atoms. The smallest absolute Gasteiger partial charge is 0.187 e. The number of hydrogen-bond acceptors (Lipinski definition) is 4. The minimum absolute atomic E-state index is 0.134. The minimum atomic E-state index is -0.758. The number of benzene rings is 2. The SMILES string of the molecule is Cc1ccccc1COCC1COC(CCc2ccc(F)cc2)(Cn2ccnc2)O1. The normalized spacial score (nSPS) is 21.2. The fraction of sp³-hybridized carbons (Fsp3) is 0.375. The lowest BCUT2D eigenvalue weighted by Gasteiger charge is -2.28. The van der Waals surface area contributed by atoms with Gasteiger partial charge in [-0.15, -0.1) is 0 Å². The maximum absolute atomic E-state index is 13.2. The molecule has 158 valence electrons. The summed E-state index contributed by atoms with van der Waals surface area (Å²) >= 11 is 0. The summed E-state index contributed by atoms with van der Waals surface area (Å²) in [5.74, 6) is -0.989. The molecule has 0 saturated carbocycles. The number of hydrogen-bond donors (Lipinski definition) is 0. The maximum atomic E-state index is 13.2. The third-order valence-electron chi connectivity index (χ3n) is 5.43. The van der Waals surface area contributed by atoms with Gasteiger partial charge in [0.2, 0.25) is 0 Å². The van der Waals surface area contributed by atoms with Crippen molar-refractivity contribution in [1.82, 2.24) is 9.55 Å². The fourth-order valence-corrected chi connectivity index (χ4v) is 3.71. The van der Waals surface area contributed by atoms with Crippen LogP contribution in [0.3, 0.4) is 0 Å². The molecule has 2 aromatic carbocycles.